The normalized spacial score (nSPS) is 12.8. The summed E-state index contributed by atoms with van der Waals surface area (Å²) in [5, 5.41) is 0.455. The van der Waals surface area contributed by atoms with Gasteiger partial charge in [-0.25, -0.2) is 4.79 Å². The predicted molar refractivity (Wildman–Crippen MR) is 81.9 cm³/mol. The van der Waals surface area contributed by atoms with Crippen LogP contribution in [0.4, 0.5) is 0 Å². The number of hydrogen-bond acceptors (Lipinski definition) is 6. The second kappa shape index (κ2) is 6.04. The van der Waals surface area contributed by atoms with Crippen LogP contribution in [0.5, 0.6) is 11.5 Å². The Labute approximate surface area is 137 Å². The van der Waals surface area contributed by atoms with Gasteiger partial charge in [-0.3, -0.25) is 9.59 Å². The maximum Gasteiger partial charge on any atom is 0.367 e. The van der Waals surface area contributed by atoms with Crippen LogP contribution in [-0.2, 0) is 4.84 Å². The van der Waals surface area contributed by atoms with E-state index in [9.17, 15) is 14.4 Å². The standard InChI is InChI=1S/C17H13NO6/c1-22-10-7-8-13(14(9-10)23-2)17(21)24-18-15(19)11-5-3-4-6-12(11)16(18)20/h3-9H,1-2H3. The Bertz CT molecular complexity index is 810. The summed E-state index contributed by atoms with van der Waals surface area (Å²) in [6.45, 7) is 0. The highest BCUT2D eigenvalue weighted by Gasteiger charge is 2.39. The lowest BCUT2D eigenvalue weighted by molar-refractivity contribution is -0.0586. The first-order valence-corrected chi connectivity index (χ1v) is 6.99. The molecule has 0 bridgehead atoms. The number of methoxy groups -OCH3 is 2. The van der Waals surface area contributed by atoms with Crippen molar-refractivity contribution in [3.05, 3.63) is 59.2 Å². The van der Waals surface area contributed by atoms with Gasteiger partial charge >= 0.3 is 5.97 Å². The zero-order valence-electron chi connectivity index (χ0n) is 12.9. The van der Waals surface area contributed by atoms with E-state index in [2.05, 4.69) is 0 Å². The van der Waals surface area contributed by atoms with Crippen LogP contribution in [0.25, 0.3) is 0 Å². The first kappa shape index (κ1) is 15.5. The predicted octanol–water partition coefficient (Wildman–Crippen LogP) is 2.07. The van der Waals surface area contributed by atoms with Gasteiger partial charge in [0.05, 0.1) is 25.3 Å². The van der Waals surface area contributed by atoms with E-state index in [1.165, 1.54) is 38.5 Å². The van der Waals surface area contributed by atoms with E-state index in [0.29, 0.717) is 10.8 Å². The van der Waals surface area contributed by atoms with Gasteiger partial charge in [-0.15, -0.1) is 0 Å². The van der Waals surface area contributed by atoms with Gasteiger partial charge in [0.15, 0.2) is 0 Å². The Balaban J connectivity index is 1.86. The molecule has 2 aromatic rings. The number of nitrogens with zero attached hydrogens (tertiary/aromatic N) is 1. The minimum absolute atomic E-state index is 0.0647. The molecule has 1 aliphatic heterocycles. The largest absolute Gasteiger partial charge is 0.497 e. The van der Waals surface area contributed by atoms with Gasteiger partial charge in [-0.1, -0.05) is 17.2 Å². The van der Waals surface area contributed by atoms with Crippen molar-refractivity contribution in [1.29, 1.82) is 0 Å². The Kier molecular flexibility index (Phi) is 3.91. The maximum absolute atomic E-state index is 12.3. The van der Waals surface area contributed by atoms with Crippen LogP contribution in [0.2, 0.25) is 0 Å². The molecular formula is C17H13NO6. The molecule has 0 fully saturated rings. The number of carbonyl (C=O) groups excluding carboxylic acids is 3. The third-order valence-electron chi connectivity index (χ3n) is 3.56. The summed E-state index contributed by atoms with van der Waals surface area (Å²) < 4.78 is 10.2. The number of hydroxylamine groups is 2. The number of imide groups is 1. The van der Waals surface area contributed by atoms with Gasteiger partial charge in [0.25, 0.3) is 11.8 Å². The van der Waals surface area contributed by atoms with E-state index in [-0.39, 0.29) is 22.4 Å². The quantitative estimate of drug-likeness (QED) is 0.800. The third kappa shape index (κ3) is 2.45. The molecular weight excluding hydrogens is 314 g/mol. The highest BCUT2D eigenvalue weighted by molar-refractivity contribution is 6.21. The van der Waals surface area contributed by atoms with Crippen LogP contribution in [-0.4, -0.2) is 37.1 Å². The van der Waals surface area contributed by atoms with E-state index in [0.717, 1.165) is 0 Å². The number of rotatable bonds is 4. The highest BCUT2D eigenvalue weighted by atomic mass is 16.7. The first-order chi connectivity index (χ1) is 11.6. The van der Waals surface area contributed by atoms with Crippen LogP contribution < -0.4 is 9.47 Å². The molecule has 24 heavy (non-hydrogen) atoms. The lowest BCUT2D eigenvalue weighted by Crippen LogP contribution is -2.32. The van der Waals surface area contributed by atoms with Crippen molar-refractivity contribution in [1.82, 2.24) is 5.06 Å². The fourth-order valence-electron chi connectivity index (χ4n) is 2.35. The lowest BCUT2D eigenvalue weighted by atomic mass is 10.1. The molecule has 7 heteroatoms. The molecule has 0 radical (unpaired) electrons. The molecule has 0 unspecified atom stereocenters. The van der Waals surface area contributed by atoms with Crippen molar-refractivity contribution >= 4 is 17.8 Å². The zero-order chi connectivity index (χ0) is 17.3. The molecule has 0 atom stereocenters. The molecule has 7 nitrogen and oxygen atoms in total. The van der Waals surface area contributed by atoms with Crippen molar-refractivity contribution in [3.63, 3.8) is 0 Å². The van der Waals surface area contributed by atoms with E-state index in [1.54, 1.807) is 18.2 Å². The smallest absolute Gasteiger partial charge is 0.367 e. The first-order valence-electron chi connectivity index (χ1n) is 6.99. The maximum atomic E-state index is 12.3. The Morgan fingerprint density at radius 3 is 2.08 bits per heavy atom. The summed E-state index contributed by atoms with van der Waals surface area (Å²) in [5.74, 6) is -1.56. The summed E-state index contributed by atoms with van der Waals surface area (Å²) in [6.07, 6.45) is 0. The number of hydrogen-bond donors (Lipinski definition) is 0. The molecule has 1 heterocycles. The number of amides is 2. The molecule has 2 aromatic carbocycles. The summed E-state index contributed by atoms with van der Waals surface area (Å²) >= 11 is 0. The minimum atomic E-state index is -0.885. The monoisotopic (exact) mass is 327 g/mol. The second-order valence-electron chi connectivity index (χ2n) is 4.90. The Morgan fingerprint density at radius 1 is 0.917 bits per heavy atom. The number of ether oxygens (including phenoxy) is 2. The summed E-state index contributed by atoms with van der Waals surface area (Å²) in [7, 11) is 2.86. The zero-order valence-corrected chi connectivity index (χ0v) is 12.9. The molecule has 1 aliphatic rings. The number of benzene rings is 2. The molecule has 0 spiro atoms. The van der Waals surface area contributed by atoms with Gasteiger partial charge in [0.2, 0.25) is 0 Å². The fourth-order valence-corrected chi connectivity index (χ4v) is 2.35. The van der Waals surface area contributed by atoms with Crippen LogP contribution in [0.1, 0.15) is 31.1 Å². The van der Waals surface area contributed by atoms with Gasteiger partial charge in [0, 0.05) is 6.07 Å². The van der Waals surface area contributed by atoms with E-state index in [1.807, 2.05) is 0 Å². The SMILES string of the molecule is COc1ccc(C(=O)ON2C(=O)c3ccccc3C2=O)c(OC)c1. The molecule has 0 saturated carbocycles. The van der Waals surface area contributed by atoms with Crippen molar-refractivity contribution in [2.45, 2.75) is 0 Å². The van der Waals surface area contributed by atoms with E-state index in [4.69, 9.17) is 14.3 Å². The molecule has 0 aliphatic carbocycles. The summed E-state index contributed by atoms with van der Waals surface area (Å²) in [6, 6.07) is 10.7. The summed E-state index contributed by atoms with van der Waals surface area (Å²) in [4.78, 5) is 41.7. The highest BCUT2D eigenvalue weighted by Crippen LogP contribution is 2.27. The average molecular weight is 327 g/mol. The molecule has 0 aromatic heterocycles. The van der Waals surface area contributed by atoms with E-state index < -0.39 is 17.8 Å². The van der Waals surface area contributed by atoms with Crippen LogP contribution in [0.15, 0.2) is 42.5 Å². The molecule has 2 amide bonds. The molecule has 122 valence electrons. The van der Waals surface area contributed by atoms with Crippen LogP contribution in [0, 0.1) is 0 Å². The fraction of sp³-hybridized carbons (Fsp3) is 0.118. The summed E-state index contributed by atoms with van der Waals surface area (Å²) in [5.41, 5.74) is 0.448. The Hall–Kier alpha value is -3.35. The van der Waals surface area contributed by atoms with Gasteiger partial charge in [0.1, 0.15) is 17.1 Å². The molecule has 0 N–H and O–H groups in total. The van der Waals surface area contributed by atoms with Crippen molar-refractivity contribution in [2.75, 3.05) is 14.2 Å². The van der Waals surface area contributed by atoms with Crippen molar-refractivity contribution < 1.29 is 28.7 Å². The van der Waals surface area contributed by atoms with Gasteiger partial charge < -0.3 is 14.3 Å². The van der Waals surface area contributed by atoms with E-state index >= 15 is 0 Å². The van der Waals surface area contributed by atoms with Crippen molar-refractivity contribution in [2.24, 2.45) is 0 Å². The number of fused-ring (bicyclic) bond motifs is 1. The molecule has 0 saturated heterocycles. The minimum Gasteiger partial charge on any atom is -0.497 e. The van der Waals surface area contributed by atoms with Crippen LogP contribution >= 0.6 is 0 Å². The average Bonchev–Trinajstić information content (AvgIpc) is 2.86. The lowest BCUT2D eigenvalue weighted by Gasteiger charge is -2.14. The topological polar surface area (TPSA) is 82.1 Å². The van der Waals surface area contributed by atoms with Gasteiger partial charge in [-0.05, 0) is 24.3 Å². The number of carbonyl (C=O) groups is 3. The Morgan fingerprint density at radius 2 is 1.54 bits per heavy atom. The van der Waals surface area contributed by atoms with Crippen molar-refractivity contribution in [3.8, 4) is 11.5 Å². The third-order valence-corrected chi connectivity index (χ3v) is 3.56. The second-order valence-corrected chi connectivity index (χ2v) is 4.90. The molecule has 3 rings (SSSR count). The van der Waals surface area contributed by atoms with Gasteiger partial charge in [-0.2, -0.15) is 0 Å². The van der Waals surface area contributed by atoms with Crippen LogP contribution in [0.3, 0.4) is 0 Å².